The van der Waals surface area contributed by atoms with Crippen LogP contribution < -0.4 is 5.32 Å². The number of aromatic amines is 1. The molecule has 12 heavy (non-hydrogen) atoms. The van der Waals surface area contributed by atoms with Gasteiger partial charge in [-0.2, -0.15) is 5.10 Å². The van der Waals surface area contributed by atoms with Crippen molar-refractivity contribution in [2.45, 2.75) is 6.04 Å². The summed E-state index contributed by atoms with van der Waals surface area (Å²) in [6, 6.07) is 0.246. The molecule has 1 aromatic rings. The van der Waals surface area contributed by atoms with Crippen LogP contribution >= 0.6 is 15.9 Å². The third-order valence-electron chi connectivity index (χ3n) is 1.89. The van der Waals surface area contributed by atoms with E-state index in [0.29, 0.717) is 6.61 Å². The highest BCUT2D eigenvalue weighted by atomic mass is 79.9. The highest BCUT2D eigenvalue weighted by Gasteiger charge is 2.18. The predicted molar refractivity (Wildman–Crippen MR) is 47.9 cm³/mol. The number of H-pyrrole nitrogens is 1. The number of aromatic nitrogens is 2. The Morgan fingerprint density at radius 3 is 3.17 bits per heavy atom. The van der Waals surface area contributed by atoms with Gasteiger partial charge in [-0.05, 0) is 15.9 Å². The SMILES string of the molecule is Brc1cn[nH]c1C1COCCN1. The van der Waals surface area contributed by atoms with Gasteiger partial charge in [-0.25, -0.2) is 0 Å². The third kappa shape index (κ3) is 1.53. The minimum Gasteiger partial charge on any atom is -0.378 e. The molecular weight excluding hydrogens is 222 g/mol. The average Bonchev–Trinajstić information content (AvgIpc) is 2.53. The van der Waals surface area contributed by atoms with Gasteiger partial charge in [0.2, 0.25) is 0 Å². The molecule has 0 spiro atoms. The van der Waals surface area contributed by atoms with E-state index in [1.54, 1.807) is 6.20 Å². The Kier molecular flexibility index (Phi) is 2.43. The molecule has 0 aromatic carbocycles. The van der Waals surface area contributed by atoms with E-state index in [9.17, 15) is 0 Å². The lowest BCUT2D eigenvalue weighted by Crippen LogP contribution is -2.34. The second kappa shape index (κ2) is 3.55. The number of nitrogens with zero attached hydrogens (tertiary/aromatic N) is 1. The first-order valence-corrected chi connectivity index (χ1v) is 4.67. The number of nitrogens with one attached hydrogen (secondary N) is 2. The van der Waals surface area contributed by atoms with Crippen LogP contribution in [0.15, 0.2) is 10.7 Å². The number of morpholine rings is 1. The standard InChI is InChI=1S/C7H10BrN3O/c8-5-3-10-11-7(5)6-4-12-2-1-9-6/h3,6,9H,1-2,4H2,(H,10,11). The van der Waals surface area contributed by atoms with Crippen LogP contribution in [-0.4, -0.2) is 30.0 Å². The Labute approximate surface area is 78.8 Å². The number of hydrogen-bond donors (Lipinski definition) is 2. The monoisotopic (exact) mass is 231 g/mol. The van der Waals surface area contributed by atoms with E-state index in [1.165, 1.54) is 0 Å². The fourth-order valence-corrected chi connectivity index (χ4v) is 1.74. The number of halogens is 1. The smallest absolute Gasteiger partial charge is 0.0739 e. The molecule has 2 heterocycles. The number of hydrogen-bond acceptors (Lipinski definition) is 3. The molecule has 0 radical (unpaired) electrons. The zero-order valence-electron chi connectivity index (χ0n) is 6.51. The van der Waals surface area contributed by atoms with Crippen molar-refractivity contribution < 1.29 is 4.74 Å². The summed E-state index contributed by atoms with van der Waals surface area (Å²) in [6.07, 6.45) is 1.76. The van der Waals surface area contributed by atoms with Crippen molar-refractivity contribution in [3.05, 3.63) is 16.4 Å². The van der Waals surface area contributed by atoms with Crippen LogP contribution in [0.5, 0.6) is 0 Å². The lowest BCUT2D eigenvalue weighted by atomic mass is 10.2. The van der Waals surface area contributed by atoms with Crippen LogP contribution in [0.1, 0.15) is 11.7 Å². The van der Waals surface area contributed by atoms with Crippen LogP contribution in [0.3, 0.4) is 0 Å². The van der Waals surface area contributed by atoms with Crippen LogP contribution in [-0.2, 0) is 4.74 Å². The first-order valence-electron chi connectivity index (χ1n) is 3.88. The Hall–Kier alpha value is -0.390. The van der Waals surface area contributed by atoms with Crippen molar-refractivity contribution in [1.82, 2.24) is 15.5 Å². The number of ether oxygens (including phenoxy) is 1. The third-order valence-corrected chi connectivity index (χ3v) is 2.52. The highest BCUT2D eigenvalue weighted by molar-refractivity contribution is 9.10. The lowest BCUT2D eigenvalue weighted by Gasteiger charge is -2.22. The van der Waals surface area contributed by atoms with E-state index < -0.39 is 0 Å². The molecule has 1 aliphatic rings. The van der Waals surface area contributed by atoms with Gasteiger partial charge < -0.3 is 10.1 Å². The van der Waals surface area contributed by atoms with E-state index in [2.05, 4.69) is 31.4 Å². The van der Waals surface area contributed by atoms with Crippen molar-refractivity contribution >= 4 is 15.9 Å². The van der Waals surface area contributed by atoms with Crippen LogP contribution in [0.25, 0.3) is 0 Å². The highest BCUT2D eigenvalue weighted by Crippen LogP contribution is 2.21. The summed E-state index contributed by atoms with van der Waals surface area (Å²) in [6.45, 7) is 2.40. The molecule has 1 aromatic heterocycles. The summed E-state index contributed by atoms with van der Waals surface area (Å²) in [5.41, 5.74) is 1.06. The second-order valence-electron chi connectivity index (χ2n) is 2.71. The topological polar surface area (TPSA) is 49.9 Å². The Balaban J connectivity index is 2.13. The van der Waals surface area contributed by atoms with E-state index >= 15 is 0 Å². The van der Waals surface area contributed by atoms with Gasteiger partial charge in [0.15, 0.2) is 0 Å². The van der Waals surface area contributed by atoms with Gasteiger partial charge in [0.25, 0.3) is 0 Å². The van der Waals surface area contributed by atoms with Crippen molar-refractivity contribution in [3.63, 3.8) is 0 Å². The molecule has 5 heteroatoms. The summed E-state index contributed by atoms with van der Waals surface area (Å²) in [7, 11) is 0. The second-order valence-corrected chi connectivity index (χ2v) is 3.57. The maximum Gasteiger partial charge on any atom is 0.0739 e. The van der Waals surface area contributed by atoms with E-state index in [0.717, 1.165) is 23.3 Å². The van der Waals surface area contributed by atoms with Gasteiger partial charge in [0.1, 0.15) is 0 Å². The summed E-state index contributed by atoms with van der Waals surface area (Å²) < 4.78 is 6.33. The predicted octanol–water partition coefficient (Wildman–Crippen LogP) is 0.833. The Bertz CT molecular complexity index is 257. The maximum absolute atomic E-state index is 5.33. The molecule has 66 valence electrons. The molecule has 1 aliphatic heterocycles. The molecule has 0 saturated carbocycles. The molecule has 0 bridgehead atoms. The van der Waals surface area contributed by atoms with Crippen molar-refractivity contribution in [1.29, 1.82) is 0 Å². The summed E-state index contributed by atoms with van der Waals surface area (Å²) in [4.78, 5) is 0. The largest absolute Gasteiger partial charge is 0.378 e. The molecule has 4 nitrogen and oxygen atoms in total. The Morgan fingerprint density at radius 2 is 2.58 bits per heavy atom. The summed E-state index contributed by atoms with van der Waals surface area (Å²) in [5, 5.41) is 10.2. The first kappa shape index (κ1) is 8.22. The molecule has 2 rings (SSSR count). The number of rotatable bonds is 1. The van der Waals surface area contributed by atoms with Crippen LogP contribution in [0.2, 0.25) is 0 Å². The molecule has 1 atom stereocenters. The summed E-state index contributed by atoms with van der Waals surface area (Å²) in [5.74, 6) is 0. The molecule has 2 N–H and O–H groups in total. The first-order chi connectivity index (χ1) is 5.88. The van der Waals surface area contributed by atoms with Gasteiger partial charge in [0.05, 0.1) is 35.6 Å². The molecule has 1 unspecified atom stereocenters. The molecule has 1 fully saturated rings. The zero-order chi connectivity index (χ0) is 8.39. The van der Waals surface area contributed by atoms with Gasteiger partial charge in [-0.3, -0.25) is 5.10 Å². The van der Waals surface area contributed by atoms with Gasteiger partial charge in [-0.15, -0.1) is 0 Å². The average molecular weight is 232 g/mol. The molecule has 1 saturated heterocycles. The fraction of sp³-hybridized carbons (Fsp3) is 0.571. The lowest BCUT2D eigenvalue weighted by molar-refractivity contribution is 0.0754. The van der Waals surface area contributed by atoms with E-state index in [4.69, 9.17) is 4.74 Å². The fourth-order valence-electron chi connectivity index (χ4n) is 1.28. The van der Waals surface area contributed by atoms with Crippen molar-refractivity contribution in [2.75, 3.05) is 19.8 Å². The van der Waals surface area contributed by atoms with Crippen molar-refractivity contribution in [2.24, 2.45) is 0 Å². The molecular formula is C7H10BrN3O. The summed E-state index contributed by atoms with van der Waals surface area (Å²) >= 11 is 3.41. The quantitative estimate of drug-likeness (QED) is 0.754. The van der Waals surface area contributed by atoms with Gasteiger partial charge >= 0.3 is 0 Å². The van der Waals surface area contributed by atoms with Gasteiger partial charge in [-0.1, -0.05) is 0 Å². The van der Waals surface area contributed by atoms with Crippen LogP contribution in [0.4, 0.5) is 0 Å². The minimum absolute atomic E-state index is 0.246. The zero-order valence-corrected chi connectivity index (χ0v) is 8.10. The minimum atomic E-state index is 0.246. The van der Waals surface area contributed by atoms with Crippen molar-refractivity contribution in [3.8, 4) is 0 Å². The van der Waals surface area contributed by atoms with E-state index in [1.807, 2.05) is 0 Å². The van der Waals surface area contributed by atoms with Gasteiger partial charge in [0, 0.05) is 6.54 Å². The van der Waals surface area contributed by atoms with Crippen LogP contribution in [0, 0.1) is 0 Å². The van der Waals surface area contributed by atoms with E-state index in [-0.39, 0.29) is 6.04 Å². The molecule has 0 aliphatic carbocycles. The molecule has 0 amide bonds. The Morgan fingerprint density at radius 1 is 1.67 bits per heavy atom. The maximum atomic E-state index is 5.33. The normalized spacial score (nSPS) is 24.2.